The Kier molecular flexibility index (Phi) is 7.33. The van der Waals surface area contributed by atoms with Crippen LogP contribution in [0.25, 0.3) is 0 Å². The normalized spacial score (nSPS) is 10.2. The van der Waals surface area contributed by atoms with Gasteiger partial charge in [0.1, 0.15) is 5.75 Å². The van der Waals surface area contributed by atoms with Crippen molar-refractivity contribution in [3.63, 3.8) is 0 Å². The van der Waals surface area contributed by atoms with Crippen LogP contribution in [0.4, 0.5) is 5.69 Å². The molecular formula is C18H19BrN2O3S. The maximum Gasteiger partial charge on any atom is 0.243 e. The number of anilines is 1. The van der Waals surface area contributed by atoms with Gasteiger partial charge in [0.2, 0.25) is 11.8 Å². The first-order valence-electron chi connectivity index (χ1n) is 7.58. The molecule has 0 unspecified atom stereocenters. The quantitative estimate of drug-likeness (QED) is 0.668. The van der Waals surface area contributed by atoms with E-state index in [4.69, 9.17) is 4.74 Å². The Hall–Kier alpha value is -1.99. The molecular weight excluding hydrogens is 404 g/mol. The summed E-state index contributed by atoms with van der Waals surface area (Å²) in [7, 11) is 1.54. The van der Waals surface area contributed by atoms with Crippen LogP contribution in [0.2, 0.25) is 0 Å². The zero-order valence-electron chi connectivity index (χ0n) is 14.0. The smallest absolute Gasteiger partial charge is 0.243 e. The van der Waals surface area contributed by atoms with Crippen molar-refractivity contribution >= 4 is 45.2 Å². The lowest BCUT2D eigenvalue weighted by Crippen LogP contribution is -2.34. The molecule has 0 fully saturated rings. The largest absolute Gasteiger partial charge is 0.495 e. The van der Waals surface area contributed by atoms with Crippen LogP contribution in [0, 0.1) is 6.92 Å². The van der Waals surface area contributed by atoms with Gasteiger partial charge in [-0.2, -0.15) is 0 Å². The number of benzene rings is 2. The summed E-state index contributed by atoms with van der Waals surface area (Å²) in [5, 5.41) is 5.36. The number of halogens is 1. The minimum absolute atomic E-state index is 0.0908. The molecule has 0 aromatic heterocycles. The molecule has 0 saturated heterocycles. The number of thioether (sulfide) groups is 1. The van der Waals surface area contributed by atoms with Gasteiger partial charge in [0.15, 0.2) is 0 Å². The zero-order valence-corrected chi connectivity index (χ0v) is 16.4. The summed E-state index contributed by atoms with van der Waals surface area (Å²) in [6.07, 6.45) is 0. The lowest BCUT2D eigenvalue weighted by molar-refractivity contribution is -0.122. The van der Waals surface area contributed by atoms with Crippen molar-refractivity contribution in [2.45, 2.75) is 11.8 Å². The number of hydrogen-bond acceptors (Lipinski definition) is 4. The molecule has 0 bridgehead atoms. The van der Waals surface area contributed by atoms with Crippen LogP contribution in [0.1, 0.15) is 5.56 Å². The Balaban J connectivity index is 1.81. The summed E-state index contributed by atoms with van der Waals surface area (Å²) in [6.45, 7) is 1.84. The molecule has 25 heavy (non-hydrogen) atoms. The molecule has 2 rings (SSSR count). The summed E-state index contributed by atoms with van der Waals surface area (Å²) >= 11 is 4.84. The second-order valence-corrected chi connectivity index (χ2v) is 7.12. The fraction of sp³-hybridized carbons (Fsp3) is 0.222. The number of methoxy groups -OCH3 is 1. The number of aryl methyl sites for hydroxylation is 1. The maximum absolute atomic E-state index is 12.0. The molecule has 0 radical (unpaired) electrons. The summed E-state index contributed by atoms with van der Waals surface area (Å²) in [5.41, 5.74) is 1.59. The van der Waals surface area contributed by atoms with Gasteiger partial charge >= 0.3 is 0 Å². The molecule has 2 amide bonds. The van der Waals surface area contributed by atoms with E-state index in [1.54, 1.807) is 13.2 Å². The molecule has 0 aliphatic rings. The Bertz CT molecular complexity index is 768. The highest BCUT2D eigenvalue weighted by Gasteiger charge is 2.10. The summed E-state index contributed by atoms with van der Waals surface area (Å²) in [5.74, 6) is 0.314. The zero-order chi connectivity index (χ0) is 18.2. The molecule has 5 nitrogen and oxygen atoms in total. The Morgan fingerprint density at radius 2 is 1.92 bits per heavy atom. The van der Waals surface area contributed by atoms with Gasteiger partial charge in [-0.1, -0.05) is 18.2 Å². The van der Waals surface area contributed by atoms with Crippen LogP contribution >= 0.6 is 27.7 Å². The first-order valence-corrected chi connectivity index (χ1v) is 9.36. The molecule has 132 valence electrons. The van der Waals surface area contributed by atoms with Crippen LogP contribution in [0.15, 0.2) is 51.8 Å². The van der Waals surface area contributed by atoms with Crippen LogP contribution in [0.5, 0.6) is 5.75 Å². The standard InChI is InChI=1S/C18H19BrN2O3S/c1-12-7-8-15(24-2)14(9-12)21-17(22)10-20-18(23)11-25-16-6-4-3-5-13(16)19/h3-9H,10-11H2,1-2H3,(H,20,23)(H,21,22). The number of carbonyl (C=O) groups is 2. The number of nitrogens with one attached hydrogen (secondary N) is 2. The van der Waals surface area contributed by atoms with Crippen molar-refractivity contribution in [3.05, 3.63) is 52.5 Å². The van der Waals surface area contributed by atoms with Crippen molar-refractivity contribution in [1.29, 1.82) is 0 Å². The molecule has 7 heteroatoms. The molecule has 2 N–H and O–H groups in total. The Labute approximate surface area is 159 Å². The van der Waals surface area contributed by atoms with Crippen molar-refractivity contribution < 1.29 is 14.3 Å². The van der Waals surface area contributed by atoms with Crippen molar-refractivity contribution in [3.8, 4) is 5.75 Å². The number of hydrogen-bond donors (Lipinski definition) is 2. The third kappa shape index (κ3) is 6.10. The van der Waals surface area contributed by atoms with E-state index in [0.717, 1.165) is 14.9 Å². The van der Waals surface area contributed by atoms with E-state index < -0.39 is 0 Å². The summed E-state index contributed by atoms with van der Waals surface area (Å²) in [6, 6.07) is 13.2. The van der Waals surface area contributed by atoms with Gasteiger partial charge in [-0.3, -0.25) is 9.59 Å². The van der Waals surface area contributed by atoms with Crippen LogP contribution in [-0.2, 0) is 9.59 Å². The van der Waals surface area contributed by atoms with Crippen LogP contribution < -0.4 is 15.4 Å². The highest BCUT2D eigenvalue weighted by Crippen LogP contribution is 2.27. The van der Waals surface area contributed by atoms with E-state index in [1.807, 2.05) is 43.3 Å². The summed E-state index contributed by atoms with van der Waals surface area (Å²) < 4.78 is 6.16. The molecule has 0 heterocycles. The number of amides is 2. The first kappa shape index (κ1) is 19.3. The predicted molar refractivity (Wildman–Crippen MR) is 104 cm³/mol. The molecule has 0 aliphatic carbocycles. The minimum atomic E-state index is -0.303. The highest BCUT2D eigenvalue weighted by atomic mass is 79.9. The average Bonchev–Trinajstić information content (AvgIpc) is 2.59. The highest BCUT2D eigenvalue weighted by molar-refractivity contribution is 9.10. The van der Waals surface area contributed by atoms with E-state index >= 15 is 0 Å². The SMILES string of the molecule is COc1ccc(C)cc1NC(=O)CNC(=O)CSc1ccccc1Br. The maximum atomic E-state index is 12.0. The van der Waals surface area contributed by atoms with Gasteiger partial charge in [0, 0.05) is 9.37 Å². The molecule has 2 aromatic carbocycles. The lowest BCUT2D eigenvalue weighted by Gasteiger charge is -2.11. The monoisotopic (exact) mass is 422 g/mol. The second kappa shape index (κ2) is 9.48. The van der Waals surface area contributed by atoms with Crippen molar-refractivity contribution in [1.82, 2.24) is 5.32 Å². The molecule has 0 spiro atoms. The molecule has 0 aliphatic heterocycles. The van der Waals surface area contributed by atoms with Crippen molar-refractivity contribution in [2.24, 2.45) is 0 Å². The molecule has 0 atom stereocenters. The van der Waals surface area contributed by atoms with E-state index in [9.17, 15) is 9.59 Å². The average molecular weight is 423 g/mol. The fourth-order valence-corrected chi connectivity index (χ4v) is 3.45. The first-order chi connectivity index (χ1) is 12.0. The molecule has 0 saturated carbocycles. The van der Waals surface area contributed by atoms with Gasteiger partial charge in [0.25, 0.3) is 0 Å². The third-order valence-corrected chi connectivity index (χ3v) is 5.30. The van der Waals surface area contributed by atoms with Crippen molar-refractivity contribution in [2.75, 3.05) is 24.7 Å². The number of carbonyl (C=O) groups excluding carboxylic acids is 2. The van der Waals surface area contributed by atoms with E-state index in [2.05, 4.69) is 26.6 Å². The van der Waals surface area contributed by atoms with Gasteiger partial charge in [0.05, 0.1) is 25.1 Å². The minimum Gasteiger partial charge on any atom is -0.495 e. The predicted octanol–water partition coefficient (Wildman–Crippen LogP) is 3.61. The van der Waals surface area contributed by atoms with Crippen LogP contribution in [-0.4, -0.2) is 31.2 Å². The Morgan fingerprint density at radius 3 is 2.64 bits per heavy atom. The number of ether oxygens (including phenoxy) is 1. The second-order valence-electron chi connectivity index (χ2n) is 5.25. The van der Waals surface area contributed by atoms with E-state index in [-0.39, 0.29) is 24.1 Å². The third-order valence-electron chi connectivity index (χ3n) is 3.27. The van der Waals surface area contributed by atoms with Gasteiger partial charge < -0.3 is 15.4 Å². The molecule has 2 aromatic rings. The topological polar surface area (TPSA) is 67.4 Å². The van der Waals surface area contributed by atoms with E-state index in [1.165, 1.54) is 11.8 Å². The van der Waals surface area contributed by atoms with Crippen LogP contribution in [0.3, 0.4) is 0 Å². The van der Waals surface area contributed by atoms with Gasteiger partial charge in [-0.15, -0.1) is 11.8 Å². The summed E-state index contributed by atoms with van der Waals surface area (Å²) in [4.78, 5) is 24.9. The number of rotatable bonds is 7. The van der Waals surface area contributed by atoms with E-state index in [0.29, 0.717) is 11.4 Å². The fourth-order valence-electron chi connectivity index (χ4n) is 2.05. The Morgan fingerprint density at radius 1 is 1.16 bits per heavy atom. The lowest BCUT2D eigenvalue weighted by atomic mass is 10.2. The van der Waals surface area contributed by atoms with Gasteiger partial charge in [-0.25, -0.2) is 0 Å². The van der Waals surface area contributed by atoms with Gasteiger partial charge in [-0.05, 0) is 52.7 Å².